The number of carboxylic acids is 1. The molecule has 0 aromatic heterocycles. The van der Waals surface area contributed by atoms with E-state index < -0.39 is 5.97 Å². The van der Waals surface area contributed by atoms with Gasteiger partial charge in [0.05, 0.1) is 6.42 Å². The van der Waals surface area contributed by atoms with E-state index in [0.717, 1.165) is 5.56 Å². The Morgan fingerprint density at radius 1 is 1.39 bits per heavy atom. The number of carbonyl (C=O) groups is 1. The molecule has 1 aromatic carbocycles. The first-order valence-corrected chi connectivity index (χ1v) is 6.30. The van der Waals surface area contributed by atoms with Gasteiger partial charge in [-0.15, -0.1) is 0 Å². The van der Waals surface area contributed by atoms with Crippen LogP contribution in [0.3, 0.4) is 0 Å². The van der Waals surface area contributed by atoms with E-state index in [9.17, 15) is 4.79 Å². The predicted molar refractivity (Wildman–Crippen MR) is 67.7 cm³/mol. The summed E-state index contributed by atoms with van der Waals surface area (Å²) in [5, 5.41) is 9.44. The molecule has 0 amide bonds. The Kier molecular flexibility index (Phi) is 3.97. The van der Waals surface area contributed by atoms with Gasteiger partial charge in [-0.25, -0.2) is 0 Å². The minimum absolute atomic E-state index is 0.0653. The third-order valence-electron chi connectivity index (χ3n) is 3.02. The molecule has 0 fully saturated rings. The summed E-state index contributed by atoms with van der Waals surface area (Å²) in [5.74, 6) is 0.336. The minimum atomic E-state index is -0.826. The van der Waals surface area contributed by atoms with Gasteiger partial charge in [-0.3, -0.25) is 4.79 Å². The Morgan fingerprint density at radius 3 is 2.56 bits per heavy atom. The molecule has 1 heterocycles. The van der Waals surface area contributed by atoms with Crippen LogP contribution in [-0.2, 0) is 4.79 Å². The first-order chi connectivity index (χ1) is 8.61. The van der Waals surface area contributed by atoms with Crippen LogP contribution in [0.2, 0.25) is 5.02 Å². The standard InChI is InChI=1S/C13H15ClO4/c1-2-8(5-13(15)16)9-6-11-12(7-10(9)14)18-4-3-17-11/h6-8H,2-5H2,1H3,(H,15,16). The Balaban J connectivity index is 2.34. The molecule has 1 aliphatic rings. The Morgan fingerprint density at radius 2 is 2.00 bits per heavy atom. The van der Waals surface area contributed by atoms with Crippen molar-refractivity contribution < 1.29 is 19.4 Å². The molecule has 1 aliphatic heterocycles. The SMILES string of the molecule is CCC(CC(=O)O)c1cc2c(cc1Cl)OCCO2. The van der Waals surface area contributed by atoms with Crippen molar-refractivity contribution in [2.24, 2.45) is 0 Å². The largest absolute Gasteiger partial charge is 0.486 e. The lowest BCUT2D eigenvalue weighted by molar-refractivity contribution is -0.137. The van der Waals surface area contributed by atoms with Crippen LogP contribution in [-0.4, -0.2) is 24.3 Å². The predicted octanol–water partition coefficient (Wildman–Crippen LogP) is 3.08. The molecule has 1 unspecified atom stereocenters. The molecule has 0 saturated heterocycles. The number of benzene rings is 1. The molecule has 0 aliphatic carbocycles. The zero-order chi connectivity index (χ0) is 13.1. The van der Waals surface area contributed by atoms with Crippen molar-refractivity contribution >= 4 is 17.6 Å². The lowest BCUT2D eigenvalue weighted by Crippen LogP contribution is -2.16. The second-order valence-corrected chi connectivity index (χ2v) is 4.63. The van der Waals surface area contributed by atoms with Gasteiger partial charge in [-0.05, 0) is 24.0 Å². The molecule has 0 saturated carbocycles. The molecule has 1 atom stereocenters. The minimum Gasteiger partial charge on any atom is -0.486 e. The van der Waals surface area contributed by atoms with E-state index in [-0.39, 0.29) is 12.3 Å². The maximum Gasteiger partial charge on any atom is 0.303 e. The molecule has 0 bridgehead atoms. The van der Waals surface area contributed by atoms with Crippen LogP contribution in [0.4, 0.5) is 0 Å². The molecule has 1 N–H and O–H groups in total. The second kappa shape index (κ2) is 5.48. The highest BCUT2D eigenvalue weighted by atomic mass is 35.5. The van der Waals surface area contributed by atoms with Gasteiger partial charge in [-0.2, -0.15) is 0 Å². The molecule has 0 radical (unpaired) electrons. The zero-order valence-electron chi connectivity index (χ0n) is 10.1. The topological polar surface area (TPSA) is 55.8 Å². The average molecular weight is 271 g/mol. The van der Waals surface area contributed by atoms with Gasteiger partial charge in [0.25, 0.3) is 0 Å². The summed E-state index contributed by atoms with van der Waals surface area (Å²) in [7, 11) is 0. The summed E-state index contributed by atoms with van der Waals surface area (Å²) in [4.78, 5) is 10.8. The Labute approximate surface area is 110 Å². The molecule has 5 heteroatoms. The normalized spacial score (nSPS) is 15.2. The smallest absolute Gasteiger partial charge is 0.303 e. The molecular weight excluding hydrogens is 256 g/mol. The van der Waals surface area contributed by atoms with E-state index in [4.69, 9.17) is 26.2 Å². The number of carboxylic acid groups (broad SMARTS) is 1. The summed E-state index contributed by atoms with van der Waals surface area (Å²) < 4.78 is 10.9. The number of fused-ring (bicyclic) bond motifs is 1. The maximum atomic E-state index is 10.8. The van der Waals surface area contributed by atoms with Crippen molar-refractivity contribution in [3.05, 3.63) is 22.7 Å². The molecule has 98 valence electrons. The van der Waals surface area contributed by atoms with Gasteiger partial charge >= 0.3 is 5.97 Å². The number of ether oxygens (including phenoxy) is 2. The summed E-state index contributed by atoms with van der Waals surface area (Å²) in [6.07, 6.45) is 0.779. The van der Waals surface area contributed by atoms with Crippen LogP contribution in [0.5, 0.6) is 11.5 Å². The highest BCUT2D eigenvalue weighted by molar-refractivity contribution is 6.31. The van der Waals surface area contributed by atoms with Crippen LogP contribution in [0, 0.1) is 0 Å². The number of halogens is 1. The molecular formula is C13H15ClO4. The monoisotopic (exact) mass is 270 g/mol. The van der Waals surface area contributed by atoms with E-state index in [0.29, 0.717) is 36.2 Å². The Hall–Kier alpha value is -1.42. The maximum absolute atomic E-state index is 10.8. The molecule has 18 heavy (non-hydrogen) atoms. The van der Waals surface area contributed by atoms with Gasteiger partial charge in [-0.1, -0.05) is 18.5 Å². The first kappa shape index (κ1) is 13.0. The van der Waals surface area contributed by atoms with Gasteiger partial charge in [0.15, 0.2) is 11.5 Å². The number of hydrogen-bond donors (Lipinski definition) is 1. The van der Waals surface area contributed by atoms with Crippen LogP contribution in [0.1, 0.15) is 31.2 Å². The summed E-state index contributed by atoms with van der Waals surface area (Å²) >= 11 is 6.19. The summed E-state index contributed by atoms with van der Waals surface area (Å²) in [6.45, 7) is 2.96. The highest BCUT2D eigenvalue weighted by Gasteiger charge is 2.21. The van der Waals surface area contributed by atoms with Crippen LogP contribution in [0.15, 0.2) is 12.1 Å². The molecule has 1 aromatic rings. The van der Waals surface area contributed by atoms with Crippen molar-refractivity contribution in [1.82, 2.24) is 0 Å². The van der Waals surface area contributed by atoms with Gasteiger partial charge in [0.1, 0.15) is 13.2 Å². The lowest BCUT2D eigenvalue weighted by Gasteiger charge is -2.22. The van der Waals surface area contributed by atoms with Crippen molar-refractivity contribution in [2.75, 3.05) is 13.2 Å². The zero-order valence-corrected chi connectivity index (χ0v) is 10.9. The second-order valence-electron chi connectivity index (χ2n) is 4.22. The van der Waals surface area contributed by atoms with Crippen molar-refractivity contribution in [2.45, 2.75) is 25.7 Å². The highest BCUT2D eigenvalue weighted by Crippen LogP contribution is 2.39. The van der Waals surface area contributed by atoms with Gasteiger partial charge < -0.3 is 14.6 Å². The molecule has 4 nitrogen and oxygen atoms in total. The van der Waals surface area contributed by atoms with E-state index in [1.165, 1.54) is 0 Å². The molecule has 0 spiro atoms. The summed E-state index contributed by atoms with van der Waals surface area (Å²) in [5.41, 5.74) is 0.811. The number of rotatable bonds is 4. The number of hydrogen-bond acceptors (Lipinski definition) is 3. The van der Waals surface area contributed by atoms with Crippen LogP contribution >= 0.6 is 11.6 Å². The van der Waals surface area contributed by atoms with Crippen molar-refractivity contribution in [1.29, 1.82) is 0 Å². The average Bonchev–Trinajstić information content (AvgIpc) is 2.35. The van der Waals surface area contributed by atoms with E-state index in [1.54, 1.807) is 12.1 Å². The van der Waals surface area contributed by atoms with E-state index in [2.05, 4.69) is 0 Å². The van der Waals surface area contributed by atoms with Crippen LogP contribution < -0.4 is 9.47 Å². The Bertz CT molecular complexity index is 459. The van der Waals surface area contributed by atoms with Crippen molar-refractivity contribution in [3.63, 3.8) is 0 Å². The third kappa shape index (κ3) is 2.70. The van der Waals surface area contributed by atoms with Gasteiger partial charge in [0.2, 0.25) is 0 Å². The third-order valence-corrected chi connectivity index (χ3v) is 3.34. The van der Waals surface area contributed by atoms with Crippen LogP contribution in [0.25, 0.3) is 0 Å². The molecule has 2 rings (SSSR count). The fourth-order valence-corrected chi connectivity index (χ4v) is 2.39. The fraction of sp³-hybridized carbons (Fsp3) is 0.462. The lowest BCUT2D eigenvalue weighted by atomic mass is 9.93. The quantitative estimate of drug-likeness (QED) is 0.913. The fourth-order valence-electron chi connectivity index (χ4n) is 2.08. The first-order valence-electron chi connectivity index (χ1n) is 5.92. The van der Waals surface area contributed by atoms with E-state index in [1.807, 2.05) is 6.92 Å². The summed E-state index contributed by atoms with van der Waals surface area (Å²) in [6, 6.07) is 3.50. The number of aliphatic carboxylic acids is 1. The van der Waals surface area contributed by atoms with Gasteiger partial charge in [0, 0.05) is 11.1 Å². The van der Waals surface area contributed by atoms with E-state index >= 15 is 0 Å². The van der Waals surface area contributed by atoms with Crippen molar-refractivity contribution in [3.8, 4) is 11.5 Å².